The van der Waals surface area contributed by atoms with Crippen molar-refractivity contribution in [2.45, 2.75) is 117 Å². The van der Waals surface area contributed by atoms with Gasteiger partial charge in [-0.2, -0.15) is 0 Å². The number of hydrogen-bond donors (Lipinski definition) is 1. The molecule has 0 bridgehead atoms. The predicted molar refractivity (Wildman–Crippen MR) is 114 cm³/mol. The Bertz CT molecular complexity index is 315. The van der Waals surface area contributed by atoms with E-state index in [-0.39, 0.29) is 6.09 Å². The third-order valence-corrected chi connectivity index (χ3v) is 4.69. The number of amides is 1. The quantitative estimate of drug-likeness (QED) is 0.189. The summed E-state index contributed by atoms with van der Waals surface area (Å²) in [4.78, 5) is 11.3. The summed E-state index contributed by atoms with van der Waals surface area (Å²) in [7, 11) is 0. The lowest BCUT2D eigenvalue weighted by Gasteiger charge is -2.06. The van der Waals surface area contributed by atoms with Crippen LogP contribution < -0.4 is 5.32 Å². The molecule has 0 aromatic rings. The minimum atomic E-state index is -0.258. The lowest BCUT2D eigenvalue weighted by molar-refractivity contribution is 0.143. The van der Waals surface area contributed by atoms with E-state index >= 15 is 0 Å². The van der Waals surface area contributed by atoms with Gasteiger partial charge in [-0.05, 0) is 38.5 Å². The number of carbonyl (C=O) groups is 1. The molecule has 3 nitrogen and oxygen atoms in total. The molecule has 3 heteroatoms. The Morgan fingerprint density at radius 1 is 0.692 bits per heavy atom. The van der Waals surface area contributed by atoms with Crippen molar-refractivity contribution in [2.24, 2.45) is 0 Å². The van der Waals surface area contributed by atoms with E-state index in [1.807, 2.05) is 0 Å². The van der Waals surface area contributed by atoms with Gasteiger partial charge in [-0.1, -0.05) is 90.2 Å². The van der Waals surface area contributed by atoms with E-state index in [1.54, 1.807) is 0 Å². The highest BCUT2D eigenvalue weighted by Crippen LogP contribution is 2.10. The van der Waals surface area contributed by atoms with Crippen LogP contribution in [0.1, 0.15) is 117 Å². The largest absolute Gasteiger partial charge is 0.450 e. The summed E-state index contributed by atoms with van der Waals surface area (Å²) < 4.78 is 5.15. The molecule has 0 saturated heterocycles. The minimum absolute atomic E-state index is 0.258. The van der Waals surface area contributed by atoms with Gasteiger partial charge in [0.05, 0.1) is 6.61 Å². The second kappa shape index (κ2) is 22.1. The third-order valence-electron chi connectivity index (χ3n) is 4.69. The summed E-state index contributed by atoms with van der Waals surface area (Å²) in [5.41, 5.74) is 0. The molecule has 0 atom stereocenters. The molecular weight excluding hydrogens is 322 g/mol. The number of ether oxygens (including phenoxy) is 1. The van der Waals surface area contributed by atoms with E-state index in [4.69, 9.17) is 4.74 Å². The van der Waals surface area contributed by atoms with Gasteiger partial charge < -0.3 is 10.1 Å². The first-order chi connectivity index (χ1) is 12.8. The van der Waals surface area contributed by atoms with Crippen molar-refractivity contribution in [3.05, 3.63) is 12.2 Å². The Morgan fingerprint density at radius 2 is 1.19 bits per heavy atom. The van der Waals surface area contributed by atoms with Crippen LogP contribution in [0.15, 0.2) is 12.2 Å². The maximum Gasteiger partial charge on any atom is 0.407 e. The van der Waals surface area contributed by atoms with Crippen LogP contribution in [0.25, 0.3) is 0 Å². The van der Waals surface area contributed by atoms with Crippen LogP contribution in [0, 0.1) is 0 Å². The van der Waals surface area contributed by atoms with Crippen molar-refractivity contribution < 1.29 is 9.53 Å². The van der Waals surface area contributed by atoms with Gasteiger partial charge in [0.25, 0.3) is 0 Å². The Morgan fingerprint density at radius 3 is 1.77 bits per heavy atom. The van der Waals surface area contributed by atoms with Gasteiger partial charge in [0.15, 0.2) is 0 Å². The molecule has 0 aromatic carbocycles. The molecule has 0 unspecified atom stereocenters. The highest BCUT2D eigenvalue weighted by atomic mass is 16.5. The van der Waals surface area contributed by atoms with E-state index < -0.39 is 0 Å². The van der Waals surface area contributed by atoms with Gasteiger partial charge >= 0.3 is 6.09 Å². The second-order valence-electron chi connectivity index (χ2n) is 7.35. The van der Waals surface area contributed by atoms with Crippen molar-refractivity contribution in [1.82, 2.24) is 5.32 Å². The third kappa shape index (κ3) is 21.1. The number of carbonyl (C=O) groups excluding carboxylic acids is 1. The minimum Gasteiger partial charge on any atom is -0.450 e. The Kier molecular flexibility index (Phi) is 21.2. The van der Waals surface area contributed by atoms with Crippen molar-refractivity contribution in [3.63, 3.8) is 0 Å². The lowest BCUT2D eigenvalue weighted by Crippen LogP contribution is -2.25. The molecule has 0 rings (SSSR count). The Balaban J connectivity index is 3.14. The van der Waals surface area contributed by atoms with Gasteiger partial charge in [-0.3, -0.25) is 0 Å². The van der Waals surface area contributed by atoms with Crippen molar-refractivity contribution in [3.8, 4) is 0 Å². The predicted octanol–water partition coefficient (Wildman–Crippen LogP) is 7.55. The normalized spacial score (nSPS) is 11.2. The maximum atomic E-state index is 11.3. The molecule has 0 aliphatic rings. The zero-order valence-electron chi connectivity index (χ0n) is 17.7. The van der Waals surface area contributed by atoms with Crippen LogP contribution in [0.3, 0.4) is 0 Å². The second-order valence-corrected chi connectivity index (χ2v) is 7.35. The van der Waals surface area contributed by atoms with E-state index in [0.29, 0.717) is 6.61 Å². The average Bonchev–Trinajstić information content (AvgIpc) is 2.64. The average molecular weight is 368 g/mol. The van der Waals surface area contributed by atoms with Crippen molar-refractivity contribution in [1.29, 1.82) is 0 Å². The zero-order chi connectivity index (χ0) is 19.1. The molecule has 0 aromatic heterocycles. The highest BCUT2D eigenvalue weighted by Gasteiger charge is 1.99. The number of unbranched alkanes of at least 4 members (excludes halogenated alkanes) is 13. The molecule has 1 amide bonds. The smallest absolute Gasteiger partial charge is 0.407 e. The van der Waals surface area contributed by atoms with Crippen molar-refractivity contribution in [2.75, 3.05) is 13.2 Å². The van der Waals surface area contributed by atoms with E-state index in [9.17, 15) is 4.79 Å². The topological polar surface area (TPSA) is 38.3 Å². The van der Waals surface area contributed by atoms with Gasteiger partial charge in [0.1, 0.15) is 0 Å². The van der Waals surface area contributed by atoms with Gasteiger partial charge in [-0.15, -0.1) is 0 Å². The molecule has 1 N–H and O–H groups in total. The zero-order valence-corrected chi connectivity index (χ0v) is 17.7. The fraction of sp³-hybridized carbons (Fsp3) is 0.870. The first-order valence-electron chi connectivity index (χ1n) is 11.4. The first kappa shape index (κ1) is 25.0. The molecule has 0 aliphatic carbocycles. The van der Waals surface area contributed by atoms with Gasteiger partial charge in [0, 0.05) is 6.54 Å². The highest BCUT2D eigenvalue weighted by molar-refractivity contribution is 5.66. The van der Waals surface area contributed by atoms with Crippen molar-refractivity contribution >= 4 is 6.09 Å². The van der Waals surface area contributed by atoms with E-state index in [2.05, 4.69) is 31.3 Å². The Hall–Kier alpha value is -0.990. The van der Waals surface area contributed by atoms with E-state index in [1.165, 1.54) is 77.0 Å². The van der Waals surface area contributed by atoms with Crippen LogP contribution in [-0.2, 0) is 4.74 Å². The molecule has 0 spiro atoms. The summed E-state index contributed by atoms with van der Waals surface area (Å²) >= 11 is 0. The summed E-state index contributed by atoms with van der Waals surface area (Å²) in [5, 5.41) is 2.77. The number of allylic oxidation sites excluding steroid dienone is 2. The molecule has 0 aliphatic heterocycles. The molecule has 26 heavy (non-hydrogen) atoms. The summed E-state index contributed by atoms with van der Waals surface area (Å²) in [5.74, 6) is 0. The molecule has 154 valence electrons. The van der Waals surface area contributed by atoms with Crippen LogP contribution in [-0.4, -0.2) is 19.2 Å². The fourth-order valence-electron chi connectivity index (χ4n) is 2.93. The van der Waals surface area contributed by atoms with Crippen LogP contribution >= 0.6 is 0 Å². The lowest BCUT2D eigenvalue weighted by atomic mass is 10.1. The van der Waals surface area contributed by atoms with E-state index in [0.717, 1.165) is 32.2 Å². The number of alkyl carbamates (subject to hydrolysis) is 1. The summed E-state index contributed by atoms with van der Waals surface area (Å²) in [6.07, 6.45) is 24.7. The number of rotatable bonds is 19. The molecule has 0 heterocycles. The SMILES string of the molecule is CCCCCCCCC=CCCCCCCCCOC(=O)NCCCC. The maximum absolute atomic E-state index is 11.3. The summed E-state index contributed by atoms with van der Waals surface area (Å²) in [6, 6.07) is 0. The van der Waals surface area contributed by atoms with Gasteiger partial charge in [-0.25, -0.2) is 4.79 Å². The molecule has 0 saturated carbocycles. The van der Waals surface area contributed by atoms with Crippen LogP contribution in [0.4, 0.5) is 4.79 Å². The molecular formula is C23H45NO2. The first-order valence-corrected chi connectivity index (χ1v) is 11.4. The molecule has 0 radical (unpaired) electrons. The monoisotopic (exact) mass is 367 g/mol. The Labute approximate surface area is 163 Å². The molecule has 0 fully saturated rings. The standard InChI is InChI=1S/C23H45NO2/c1-3-5-7-8-9-10-11-12-13-14-15-16-17-18-19-20-22-26-23(25)24-21-6-4-2/h12-13H,3-11,14-22H2,1-2H3,(H,24,25). The van der Waals surface area contributed by atoms with Gasteiger partial charge in [0.2, 0.25) is 0 Å². The number of hydrogen-bond acceptors (Lipinski definition) is 2. The van der Waals surface area contributed by atoms with Crippen LogP contribution in [0.2, 0.25) is 0 Å². The van der Waals surface area contributed by atoms with Crippen LogP contribution in [0.5, 0.6) is 0 Å². The fourth-order valence-corrected chi connectivity index (χ4v) is 2.93. The number of nitrogens with one attached hydrogen (secondary N) is 1. The summed E-state index contributed by atoms with van der Waals surface area (Å²) in [6.45, 7) is 5.66.